The Morgan fingerprint density at radius 1 is 0.625 bits per heavy atom. The Morgan fingerprint density at radius 2 is 1.04 bits per heavy atom. The molecule has 4 aromatic carbocycles. The molecule has 0 saturated carbocycles. The molecule has 0 fully saturated rings. The molecule has 0 aliphatic rings. The highest BCUT2D eigenvalue weighted by atomic mass is 32.2. The van der Waals surface area contributed by atoms with Crippen molar-refractivity contribution in [2.45, 2.75) is 32.1 Å². The van der Waals surface area contributed by atoms with Crippen LogP contribution in [0.1, 0.15) is 54.1 Å². The van der Waals surface area contributed by atoms with Crippen LogP contribution in [0.2, 0.25) is 0 Å². The van der Waals surface area contributed by atoms with Gasteiger partial charge in [-0.3, -0.25) is 19.2 Å². The van der Waals surface area contributed by atoms with Crippen LogP contribution >= 0.6 is 11.8 Å². The molecular formula is C43H34F2N6O4S. The summed E-state index contributed by atoms with van der Waals surface area (Å²) in [6, 6.07) is 25.5. The molecule has 0 aliphatic carbocycles. The van der Waals surface area contributed by atoms with E-state index in [2.05, 4.69) is 19.9 Å². The maximum Gasteiger partial charge on any atom is 0.261 e. The number of aromatic nitrogens is 6. The summed E-state index contributed by atoms with van der Waals surface area (Å²) in [6.45, 7) is 4.82. The number of halogens is 2. The highest BCUT2D eigenvalue weighted by Crippen LogP contribution is 2.21. The summed E-state index contributed by atoms with van der Waals surface area (Å²) in [5.74, 6) is -1.06. The lowest BCUT2D eigenvalue weighted by Gasteiger charge is -2.07. The zero-order chi connectivity index (χ0) is 39.5. The zero-order valence-corrected chi connectivity index (χ0v) is 31.3. The SMILES string of the molecule is CSc1nc2c(c(C)cn2Cc2ccc(C(=O)c3ccc(F)cc3)cc2)c(=O)[nH]1.Cc1cn(Cc2ccc(C(=O)c3ccc(F)cc3)cc2)c2nc[nH]c(=O)c12. The van der Waals surface area contributed by atoms with Crippen molar-refractivity contribution in [1.82, 2.24) is 29.1 Å². The van der Waals surface area contributed by atoms with E-state index in [1.54, 1.807) is 24.3 Å². The highest BCUT2D eigenvalue weighted by Gasteiger charge is 2.15. The lowest BCUT2D eigenvalue weighted by atomic mass is 10.0. The number of benzene rings is 4. The minimum Gasteiger partial charge on any atom is -0.328 e. The lowest BCUT2D eigenvalue weighted by Crippen LogP contribution is -2.10. The third-order valence-corrected chi connectivity index (χ3v) is 9.87. The van der Waals surface area contributed by atoms with Gasteiger partial charge in [-0.15, -0.1) is 0 Å². The molecule has 0 atom stereocenters. The van der Waals surface area contributed by atoms with E-state index in [0.717, 1.165) is 22.3 Å². The maximum absolute atomic E-state index is 13.1. The summed E-state index contributed by atoms with van der Waals surface area (Å²) in [5, 5.41) is 1.74. The van der Waals surface area contributed by atoms with E-state index in [1.165, 1.54) is 66.6 Å². The van der Waals surface area contributed by atoms with E-state index < -0.39 is 0 Å². The highest BCUT2D eigenvalue weighted by molar-refractivity contribution is 7.98. The van der Waals surface area contributed by atoms with E-state index in [1.807, 2.05) is 65.9 Å². The molecule has 0 amide bonds. The summed E-state index contributed by atoms with van der Waals surface area (Å²) in [5.41, 5.74) is 6.61. The van der Waals surface area contributed by atoms with Crippen LogP contribution in [0.15, 0.2) is 131 Å². The Morgan fingerprint density at radius 3 is 1.48 bits per heavy atom. The number of aromatic amines is 2. The van der Waals surface area contributed by atoms with Crippen LogP contribution in [-0.2, 0) is 13.1 Å². The van der Waals surface area contributed by atoms with Gasteiger partial charge in [0.25, 0.3) is 11.1 Å². The molecule has 56 heavy (non-hydrogen) atoms. The molecule has 4 aromatic heterocycles. The molecule has 10 nitrogen and oxygen atoms in total. The molecular weight excluding hydrogens is 735 g/mol. The van der Waals surface area contributed by atoms with Crippen molar-refractivity contribution in [3.05, 3.63) is 193 Å². The quantitative estimate of drug-likeness (QED) is 0.0876. The Balaban J connectivity index is 0.000000172. The monoisotopic (exact) mass is 768 g/mol. The molecule has 0 spiro atoms. The van der Waals surface area contributed by atoms with E-state index in [4.69, 9.17) is 0 Å². The fourth-order valence-corrected chi connectivity index (χ4v) is 6.85. The Labute approximate surface area is 322 Å². The lowest BCUT2D eigenvalue weighted by molar-refractivity contribution is 0.103. The normalized spacial score (nSPS) is 11.1. The number of aryl methyl sites for hydroxylation is 2. The third kappa shape index (κ3) is 7.89. The van der Waals surface area contributed by atoms with Gasteiger partial charge < -0.3 is 19.1 Å². The van der Waals surface area contributed by atoms with Gasteiger partial charge >= 0.3 is 0 Å². The number of nitrogens with one attached hydrogen (secondary N) is 2. The van der Waals surface area contributed by atoms with Gasteiger partial charge in [-0.05, 0) is 90.9 Å². The van der Waals surface area contributed by atoms with E-state index >= 15 is 0 Å². The predicted octanol–water partition coefficient (Wildman–Crippen LogP) is 7.62. The summed E-state index contributed by atoms with van der Waals surface area (Å²) < 4.78 is 29.9. The first-order valence-corrected chi connectivity index (χ1v) is 18.7. The molecule has 2 N–H and O–H groups in total. The van der Waals surface area contributed by atoms with Crippen molar-refractivity contribution in [2.75, 3.05) is 6.26 Å². The summed E-state index contributed by atoms with van der Waals surface area (Å²) >= 11 is 1.39. The molecule has 0 unspecified atom stereocenters. The topological polar surface area (TPSA) is 136 Å². The summed E-state index contributed by atoms with van der Waals surface area (Å²) in [4.78, 5) is 63.5. The summed E-state index contributed by atoms with van der Waals surface area (Å²) in [6.07, 6.45) is 7.06. The fraction of sp³-hybridized carbons (Fsp3) is 0.116. The molecule has 13 heteroatoms. The van der Waals surface area contributed by atoms with Crippen molar-refractivity contribution in [3.8, 4) is 0 Å². The van der Waals surface area contributed by atoms with Crippen LogP contribution in [0.3, 0.4) is 0 Å². The van der Waals surface area contributed by atoms with Crippen molar-refractivity contribution in [1.29, 1.82) is 0 Å². The van der Waals surface area contributed by atoms with Gasteiger partial charge in [0.1, 0.15) is 22.9 Å². The van der Waals surface area contributed by atoms with Crippen LogP contribution in [-0.4, -0.2) is 46.9 Å². The van der Waals surface area contributed by atoms with Gasteiger partial charge in [0.2, 0.25) is 0 Å². The molecule has 8 rings (SSSR count). The van der Waals surface area contributed by atoms with E-state index in [9.17, 15) is 28.0 Å². The molecule has 0 aliphatic heterocycles. The fourth-order valence-electron chi connectivity index (χ4n) is 6.48. The van der Waals surface area contributed by atoms with Gasteiger partial charge in [0.15, 0.2) is 16.7 Å². The third-order valence-electron chi connectivity index (χ3n) is 9.29. The van der Waals surface area contributed by atoms with Crippen LogP contribution in [0.4, 0.5) is 8.78 Å². The van der Waals surface area contributed by atoms with Crippen molar-refractivity contribution < 1.29 is 18.4 Å². The standard InChI is InChI=1S/C22H18FN3O2S.C21H16FN3O2/c1-13-11-26(20-18(13)21(28)25-22(24-20)29-2)12-14-3-5-15(6-4-14)19(27)16-7-9-17(23)10-8-16;1-13-10-25(20-18(13)21(27)24-12-23-20)11-14-2-4-15(5-3-14)19(26)16-6-8-17(22)9-7-16/h3-11H,12H2,1-2H3,(H,24,25,28);2-10,12H,11H2,1H3,(H,23,24,27). The maximum atomic E-state index is 13.1. The summed E-state index contributed by atoms with van der Waals surface area (Å²) in [7, 11) is 0. The van der Waals surface area contributed by atoms with Gasteiger partial charge in [-0.25, -0.2) is 18.7 Å². The van der Waals surface area contributed by atoms with Crippen molar-refractivity contribution in [2.24, 2.45) is 0 Å². The van der Waals surface area contributed by atoms with Gasteiger partial charge in [-0.2, -0.15) is 0 Å². The minimum atomic E-state index is -0.372. The van der Waals surface area contributed by atoms with Gasteiger partial charge in [0.05, 0.1) is 17.1 Å². The minimum absolute atomic E-state index is 0.143. The second-order valence-electron chi connectivity index (χ2n) is 13.1. The van der Waals surface area contributed by atoms with Crippen LogP contribution in [0.25, 0.3) is 22.1 Å². The smallest absolute Gasteiger partial charge is 0.261 e. The average molecular weight is 769 g/mol. The number of hydrogen-bond acceptors (Lipinski definition) is 7. The number of H-pyrrole nitrogens is 2. The molecule has 8 aromatic rings. The second kappa shape index (κ2) is 15.9. The zero-order valence-electron chi connectivity index (χ0n) is 30.5. The number of nitrogens with zero attached hydrogens (tertiary/aromatic N) is 4. The molecule has 280 valence electrons. The number of carbonyl (C=O) groups is 2. The Kier molecular flexibility index (Phi) is 10.7. The van der Waals surface area contributed by atoms with Crippen LogP contribution < -0.4 is 11.1 Å². The van der Waals surface area contributed by atoms with Gasteiger partial charge in [0, 0.05) is 47.7 Å². The number of rotatable bonds is 9. The number of hydrogen-bond donors (Lipinski definition) is 2. The Hall–Kier alpha value is -6.73. The van der Waals surface area contributed by atoms with E-state index in [-0.39, 0.29) is 34.3 Å². The number of fused-ring (bicyclic) bond motifs is 2. The Bertz CT molecular complexity index is 2840. The van der Waals surface area contributed by atoms with Crippen LogP contribution in [0, 0.1) is 25.5 Å². The molecule has 0 saturated heterocycles. The first-order chi connectivity index (χ1) is 27.0. The number of ketones is 2. The number of carbonyl (C=O) groups excluding carboxylic acids is 2. The van der Waals surface area contributed by atoms with Gasteiger partial charge in [-0.1, -0.05) is 60.3 Å². The van der Waals surface area contributed by atoms with Crippen molar-refractivity contribution >= 4 is 45.4 Å². The molecule has 0 radical (unpaired) electrons. The largest absolute Gasteiger partial charge is 0.328 e. The second-order valence-corrected chi connectivity index (χ2v) is 13.9. The molecule has 0 bridgehead atoms. The van der Waals surface area contributed by atoms with Crippen molar-refractivity contribution in [3.63, 3.8) is 0 Å². The van der Waals surface area contributed by atoms with E-state index in [0.29, 0.717) is 62.6 Å². The number of thioether (sulfide) groups is 1. The predicted molar refractivity (Wildman–Crippen MR) is 213 cm³/mol. The van der Waals surface area contributed by atoms with Crippen LogP contribution in [0.5, 0.6) is 0 Å². The first kappa shape index (κ1) is 37.6. The average Bonchev–Trinajstić information content (AvgIpc) is 3.70. The first-order valence-electron chi connectivity index (χ1n) is 17.4. The molecule has 4 heterocycles.